The van der Waals surface area contributed by atoms with Crippen LogP contribution in [0.4, 0.5) is 0 Å². The standard InChI is InChI=1S/C20H28N2O2/c1-17(23)14-22(15-19-10-6-3-7-11-19)16-20(24)13-21-12-18-8-4-2-5-9-18/h2-11,17,20-21,23-24H,12-16H2,1H3. The molecule has 2 unspecified atom stereocenters. The first-order chi connectivity index (χ1) is 11.6. The summed E-state index contributed by atoms with van der Waals surface area (Å²) in [6.07, 6.45) is -0.894. The van der Waals surface area contributed by atoms with E-state index in [1.54, 1.807) is 6.92 Å². The minimum atomic E-state index is -0.476. The molecule has 4 heteroatoms. The molecule has 2 aromatic carbocycles. The summed E-state index contributed by atoms with van der Waals surface area (Å²) in [6.45, 7) is 4.85. The quantitative estimate of drug-likeness (QED) is 0.625. The van der Waals surface area contributed by atoms with E-state index in [-0.39, 0.29) is 0 Å². The number of aliphatic hydroxyl groups excluding tert-OH is 2. The highest BCUT2D eigenvalue weighted by Gasteiger charge is 2.14. The second-order valence-electron chi connectivity index (χ2n) is 6.30. The van der Waals surface area contributed by atoms with Gasteiger partial charge in [-0.15, -0.1) is 0 Å². The monoisotopic (exact) mass is 328 g/mol. The number of nitrogens with zero attached hydrogens (tertiary/aromatic N) is 1. The Morgan fingerprint density at radius 3 is 2.04 bits per heavy atom. The van der Waals surface area contributed by atoms with Crippen molar-refractivity contribution in [2.24, 2.45) is 0 Å². The smallest absolute Gasteiger partial charge is 0.0791 e. The van der Waals surface area contributed by atoms with Gasteiger partial charge in [-0.3, -0.25) is 4.90 Å². The van der Waals surface area contributed by atoms with Gasteiger partial charge in [-0.25, -0.2) is 0 Å². The third-order valence-electron chi connectivity index (χ3n) is 3.79. The highest BCUT2D eigenvalue weighted by molar-refractivity contribution is 5.15. The van der Waals surface area contributed by atoms with Crippen molar-refractivity contribution < 1.29 is 10.2 Å². The van der Waals surface area contributed by atoms with Crippen LogP contribution in [0.5, 0.6) is 0 Å². The maximum absolute atomic E-state index is 10.3. The molecule has 0 radical (unpaired) electrons. The normalized spacial score (nSPS) is 13.8. The fraction of sp³-hybridized carbons (Fsp3) is 0.400. The highest BCUT2D eigenvalue weighted by Crippen LogP contribution is 2.06. The van der Waals surface area contributed by atoms with Crippen molar-refractivity contribution in [3.63, 3.8) is 0 Å². The zero-order valence-corrected chi connectivity index (χ0v) is 14.3. The molecule has 2 aromatic rings. The summed E-state index contributed by atoms with van der Waals surface area (Å²) < 4.78 is 0. The van der Waals surface area contributed by atoms with Gasteiger partial charge in [0, 0.05) is 32.7 Å². The molecule has 0 fully saturated rings. The van der Waals surface area contributed by atoms with Crippen LogP contribution in [0.2, 0.25) is 0 Å². The van der Waals surface area contributed by atoms with Crippen LogP contribution in [-0.4, -0.2) is 47.0 Å². The van der Waals surface area contributed by atoms with Gasteiger partial charge in [-0.05, 0) is 18.1 Å². The Balaban J connectivity index is 1.79. The van der Waals surface area contributed by atoms with Crippen molar-refractivity contribution in [1.82, 2.24) is 10.2 Å². The van der Waals surface area contributed by atoms with Gasteiger partial charge in [-0.1, -0.05) is 60.7 Å². The Hall–Kier alpha value is -1.72. The summed E-state index contributed by atoms with van der Waals surface area (Å²) >= 11 is 0. The molecule has 0 amide bonds. The minimum Gasteiger partial charge on any atom is -0.392 e. The molecule has 2 rings (SSSR count). The SMILES string of the molecule is CC(O)CN(Cc1ccccc1)CC(O)CNCc1ccccc1. The maximum Gasteiger partial charge on any atom is 0.0791 e. The van der Waals surface area contributed by atoms with Crippen LogP contribution < -0.4 is 5.32 Å². The predicted molar refractivity (Wildman–Crippen MR) is 97.6 cm³/mol. The van der Waals surface area contributed by atoms with E-state index in [1.165, 1.54) is 11.1 Å². The number of nitrogens with one attached hydrogen (secondary N) is 1. The third kappa shape index (κ3) is 7.23. The first-order valence-corrected chi connectivity index (χ1v) is 8.50. The van der Waals surface area contributed by atoms with E-state index in [9.17, 15) is 10.2 Å². The van der Waals surface area contributed by atoms with Crippen molar-refractivity contribution in [1.29, 1.82) is 0 Å². The molecule has 130 valence electrons. The Bertz CT molecular complexity index is 560. The zero-order valence-electron chi connectivity index (χ0n) is 14.3. The van der Waals surface area contributed by atoms with Crippen LogP contribution in [0.3, 0.4) is 0 Å². The molecule has 0 spiro atoms. The lowest BCUT2D eigenvalue weighted by molar-refractivity contribution is 0.0715. The molecule has 0 aliphatic carbocycles. The zero-order chi connectivity index (χ0) is 17.2. The second kappa shape index (κ2) is 10.2. The minimum absolute atomic E-state index is 0.418. The molecule has 0 saturated carbocycles. The van der Waals surface area contributed by atoms with Crippen LogP contribution in [0.1, 0.15) is 18.1 Å². The van der Waals surface area contributed by atoms with Crippen LogP contribution in [0.15, 0.2) is 60.7 Å². The van der Waals surface area contributed by atoms with Gasteiger partial charge in [-0.2, -0.15) is 0 Å². The van der Waals surface area contributed by atoms with Crippen LogP contribution in [0, 0.1) is 0 Å². The van der Waals surface area contributed by atoms with Crippen LogP contribution in [0.25, 0.3) is 0 Å². The average Bonchev–Trinajstić information content (AvgIpc) is 2.56. The topological polar surface area (TPSA) is 55.7 Å². The molecule has 0 aromatic heterocycles. The van der Waals surface area contributed by atoms with E-state index >= 15 is 0 Å². The number of benzene rings is 2. The molecule has 3 N–H and O–H groups in total. The first-order valence-electron chi connectivity index (χ1n) is 8.50. The number of hydrogen-bond donors (Lipinski definition) is 3. The lowest BCUT2D eigenvalue weighted by atomic mass is 10.2. The molecule has 0 bridgehead atoms. The van der Waals surface area contributed by atoms with Gasteiger partial charge < -0.3 is 15.5 Å². The van der Waals surface area contributed by atoms with Gasteiger partial charge in [0.05, 0.1) is 12.2 Å². The summed E-state index contributed by atoms with van der Waals surface area (Å²) in [6, 6.07) is 20.3. The van der Waals surface area contributed by atoms with E-state index in [4.69, 9.17) is 0 Å². The lowest BCUT2D eigenvalue weighted by Crippen LogP contribution is -2.40. The fourth-order valence-corrected chi connectivity index (χ4v) is 2.76. The third-order valence-corrected chi connectivity index (χ3v) is 3.79. The van der Waals surface area contributed by atoms with Crippen molar-refractivity contribution in [3.8, 4) is 0 Å². The van der Waals surface area contributed by atoms with Crippen molar-refractivity contribution in [3.05, 3.63) is 71.8 Å². The van der Waals surface area contributed by atoms with Crippen molar-refractivity contribution in [2.45, 2.75) is 32.2 Å². The Morgan fingerprint density at radius 2 is 1.46 bits per heavy atom. The number of rotatable bonds is 10. The molecule has 4 nitrogen and oxygen atoms in total. The van der Waals surface area contributed by atoms with Gasteiger partial charge in [0.1, 0.15) is 0 Å². The van der Waals surface area contributed by atoms with Crippen molar-refractivity contribution in [2.75, 3.05) is 19.6 Å². The Labute approximate surface area is 144 Å². The molecular weight excluding hydrogens is 300 g/mol. The molecule has 0 saturated heterocycles. The average molecular weight is 328 g/mol. The largest absolute Gasteiger partial charge is 0.392 e. The number of aliphatic hydroxyl groups is 2. The van der Waals surface area contributed by atoms with E-state index in [1.807, 2.05) is 36.4 Å². The van der Waals surface area contributed by atoms with Crippen LogP contribution >= 0.6 is 0 Å². The molecule has 24 heavy (non-hydrogen) atoms. The Kier molecular flexibility index (Phi) is 7.92. The molecule has 0 heterocycles. The van der Waals surface area contributed by atoms with Gasteiger partial charge in [0.25, 0.3) is 0 Å². The summed E-state index contributed by atoms with van der Waals surface area (Å²) in [7, 11) is 0. The second-order valence-corrected chi connectivity index (χ2v) is 6.30. The van der Waals surface area contributed by atoms with Gasteiger partial charge in [0.15, 0.2) is 0 Å². The summed E-state index contributed by atoms with van der Waals surface area (Å²) in [5, 5.41) is 23.3. The van der Waals surface area contributed by atoms with Gasteiger partial charge >= 0.3 is 0 Å². The van der Waals surface area contributed by atoms with E-state index < -0.39 is 12.2 Å². The first kappa shape index (κ1) is 18.6. The Morgan fingerprint density at radius 1 is 0.875 bits per heavy atom. The maximum atomic E-state index is 10.3. The summed E-state index contributed by atoms with van der Waals surface area (Å²) in [5.74, 6) is 0. The van der Waals surface area contributed by atoms with Crippen molar-refractivity contribution >= 4 is 0 Å². The fourth-order valence-electron chi connectivity index (χ4n) is 2.76. The molecule has 2 atom stereocenters. The number of hydrogen-bond acceptors (Lipinski definition) is 4. The summed E-state index contributed by atoms with van der Waals surface area (Å²) in [4.78, 5) is 2.09. The van der Waals surface area contributed by atoms with E-state index in [0.29, 0.717) is 19.6 Å². The molecule has 0 aliphatic heterocycles. The summed E-state index contributed by atoms with van der Waals surface area (Å²) in [5.41, 5.74) is 2.39. The van der Waals surface area contributed by atoms with Gasteiger partial charge in [0.2, 0.25) is 0 Å². The molecular formula is C20H28N2O2. The lowest BCUT2D eigenvalue weighted by Gasteiger charge is -2.26. The molecule has 0 aliphatic rings. The van der Waals surface area contributed by atoms with E-state index in [0.717, 1.165) is 13.1 Å². The van der Waals surface area contributed by atoms with E-state index in [2.05, 4.69) is 34.5 Å². The highest BCUT2D eigenvalue weighted by atomic mass is 16.3. The predicted octanol–water partition coefficient (Wildman–Crippen LogP) is 2.02. The van der Waals surface area contributed by atoms with Crippen LogP contribution in [-0.2, 0) is 13.1 Å².